The summed E-state index contributed by atoms with van der Waals surface area (Å²) in [7, 11) is 0. The number of benzene rings is 1. The molecule has 0 spiro atoms. The molecular weight excluding hydrogens is 283 g/mol. The maximum atomic E-state index is 13.3. The number of ether oxygens (including phenoxy) is 1. The third-order valence-electron chi connectivity index (χ3n) is 2.26. The summed E-state index contributed by atoms with van der Waals surface area (Å²) in [6, 6.07) is 3.55. The van der Waals surface area contributed by atoms with E-state index in [1.165, 1.54) is 0 Å². The van der Waals surface area contributed by atoms with E-state index in [0.717, 1.165) is 12.1 Å². The zero-order valence-electron chi connectivity index (χ0n) is 9.71. The molecule has 20 heavy (non-hydrogen) atoms. The lowest BCUT2D eigenvalue weighted by atomic mass is 10.2. The number of anilines is 1. The fourth-order valence-corrected chi connectivity index (χ4v) is 1.41. The molecule has 0 radical (unpaired) electrons. The van der Waals surface area contributed by atoms with Crippen molar-refractivity contribution in [2.24, 2.45) is 0 Å². The summed E-state index contributed by atoms with van der Waals surface area (Å²) in [5.74, 6) is -3.34. The molecule has 0 saturated carbocycles. The van der Waals surface area contributed by atoms with Crippen LogP contribution in [0.4, 0.5) is 27.8 Å². The van der Waals surface area contributed by atoms with Gasteiger partial charge in [0.2, 0.25) is 5.88 Å². The summed E-state index contributed by atoms with van der Waals surface area (Å²) in [4.78, 5) is 3.50. The van der Waals surface area contributed by atoms with E-state index in [1.54, 1.807) is 0 Å². The maximum Gasteiger partial charge on any atom is 0.416 e. The van der Waals surface area contributed by atoms with Crippen molar-refractivity contribution in [1.82, 2.24) is 4.98 Å². The largest absolute Gasteiger partial charge is 0.436 e. The Morgan fingerprint density at radius 1 is 1.05 bits per heavy atom. The lowest BCUT2D eigenvalue weighted by Crippen LogP contribution is -2.07. The van der Waals surface area contributed by atoms with Crippen LogP contribution in [-0.4, -0.2) is 4.98 Å². The van der Waals surface area contributed by atoms with Crippen LogP contribution in [0.5, 0.6) is 11.6 Å². The molecule has 0 amide bonds. The normalized spacial score (nSPS) is 11.4. The van der Waals surface area contributed by atoms with Crippen molar-refractivity contribution < 1.29 is 26.7 Å². The van der Waals surface area contributed by atoms with Crippen LogP contribution in [0, 0.1) is 11.6 Å². The average molecular weight is 290 g/mol. The number of hydrogen-bond acceptors (Lipinski definition) is 3. The molecule has 1 heterocycles. The third-order valence-corrected chi connectivity index (χ3v) is 2.26. The number of hydrogen-bond donors (Lipinski definition) is 1. The Kier molecular flexibility index (Phi) is 3.47. The van der Waals surface area contributed by atoms with Gasteiger partial charge in [-0.15, -0.1) is 0 Å². The van der Waals surface area contributed by atoms with Crippen LogP contribution in [0.3, 0.4) is 0 Å². The maximum absolute atomic E-state index is 13.3. The second kappa shape index (κ2) is 4.95. The molecule has 0 saturated heterocycles. The Morgan fingerprint density at radius 3 is 2.35 bits per heavy atom. The van der Waals surface area contributed by atoms with Gasteiger partial charge in [0.05, 0.1) is 5.56 Å². The smallest absolute Gasteiger partial charge is 0.416 e. The van der Waals surface area contributed by atoms with Crippen LogP contribution in [0.2, 0.25) is 0 Å². The Balaban J connectivity index is 2.36. The van der Waals surface area contributed by atoms with Crippen molar-refractivity contribution in [1.29, 1.82) is 0 Å². The first-order chi connectivity index (χ1) is 9.25. The minimum Gasteiger partial charge on any atom is -0.436 e. The summed E-state index contributed by atoms with van der Waals surface area (Å²) >= 11 is 0. The lowest BCUT2D eigenvalue weighted by molar-refractivity contribution is -0.137. The Labute approximate surface area is 109 Å². The molecule has 1 aromatic carbocycles. The van der Waals surface area contributed by atoms with Crippen LogP contribution in [0.25, 0.3) is 0 Å². The second-order valence-electron chi connectivity index (χ2n) is 3.79. The van der Waals surface area contributed by atoms with E-state index in [4.69, 9.17) is 10.5 Å². The van der Waals surface area contributed by atoms with Gasteiger partial charge in [0.15, 0.2) is 11.6 Å². The van der Waals surface area contributed by atoms with Crippen molar-refractivity contribution in [2.45, 2.75) is 6.18 Å². The van der Waals surface area contributed by atoms with Gasteiger partial charge in [0.1, 0.15) is 11.6 Å². The lowest BCUT2D eigenvalue weighted by Gasteiger charge is -2.10. The molecule has 2 rings (SSSR count). The summed E-state index contributed by atoms with van der Waals surface area (Å²) in [5.41, 5.74) is 4.15. The number of halogens is 5. The number of aromatic nitrogens is 1. The summed E-state index contributed by atoms with van der Waals surface area (Å²) in [6.45, 7) is 0. The Morgan fingerprint density at radius 2 is 1.75 bits per heavy atom. The van der Waals surface area contributed by atoms with E-state index in [1.807, 2.05) is 0 Å². The highest BCUT2D eigenvalue weighted by Crippen LogP contribution is 2.33. The second-order valence-corrected chi connectivity index (χ2v) is 3.79. The highest BCUT2D eigenvalue weighted by atomic mass is 19.4. The van der Waals surface area contributed by atoms with E-state index < -0.39 is 40.8 Å². The molecule has 0 atom stereocenters. The number of nitrogens with two attached hydrogens (primary N) is 1. The standard InChI is InChI=1S/C12H7F5N2O/c13-7-1-2-9(8(14)5-7)20-11-4-6(12(15,16)17)3-10(18)19-11/h1-5H,(H2,18,19). The van der Waals surface area contributed by atoms with Crippen molar-refractivity contribution in [2.75, 3.05) is 5.73 Å². The quantitative estimate of drug-likeness (QED) is 0.857. The predicted molar refractivity (Wildman–Crippen MR) is 60.1 cm³/mol. The van der Waals surface area contributed by atoms with Gasteiger partial charge < -0.3 is 10.5 Å². The zero-order valence-corrected chi connectivity index (χ0v) is 9.71. The van der Waals surface area contributed by atoms with Gasteiger partial charge >= 0.3 is 6.18 Å². The van der Waals surface area contributed by atoms with Crippen molar-refractivity contribution in [3.63, 3.8) is 0 Å². The minimum atomic E-state index is -4.64. The molecule has 0 bridgehead atoms. The topological polar surface area (TPSA) is 48.1 Å². The SMILES string of the molecule is Nc1cc(C(F)(F)F)cc(Oc2ccc(F)cc2F)n1. The van der Waals surface area contributed by atoms with Gasteiger partial charge in [-0.1, -0.05) is 0 Å². The number of rotatable bonds is 2. The van der Waals surface area contributed by atoms with E-state index in [0.29, 0.717) is 18.2 Å². The minimum absolute atomic E-state index is 0.433. The molecule has 8 heteroatoms. The first kappa shape index (κ1) is 14.0. The number of nitrogens with zero attached hydrogens (tertiary/aromatic N) is 1. The van der Waals surface area contributed by atoms with E-state index in [-0.39, 0.29) is 0 Å². The van der Waals surface area contributed by atoms with Gasteiger partial charge in [0, 0.05) is 12.1 Å². The van der Waals surface area contributed by atoms with Gasteiger partial charge in [-0.3, -0.25) is 0 Å². The highest BCUT2D eigenvalue weighted by molar-refractivity contribution is 5.40. The van der Waals surface area contributed by atoms with E-state index >= 15 is 0 Å². The van der Waals surface area contributed by atoms with Crippen LogP contribution in [-0.2, 0) is 6.18 Å². The van der Waals surface area contributed by atoms with Gasteiger partial charge in [0.25, 0.3) is 0 Å². The van der Waals surface area contributed by atoms with Crippen molar-refractivity contribution in [3.05, 3.63) is 47.5 Å². The molecule has 106 valence electrons. The molecule has 0 fully saturated rings. The molecule has 0 aliphatic heterocycles. The Hall–Kier alpha value is -2.38. The number of alkyl halides is 3. The number of nitrogen functional groups attached to an aromatic ring is 1. The van der Waals surface area contributed by atoms with Crippen molar-refractivity contribution >= 4 is 5.82 Å². The van der Waals surface area contributed by atoms with E-state index in [2.05, 4.69) is 4.98 Å². The van der Waals surface area contributed by atoms with Gasteiger partial charge in [-0.25, -0.2) is 8.78 Å². The summed E-state index contributed by atoms with van der Waals surface area (Å²) < 4.78 is 68.5. The number of pyridine rings is 1. The zero-order chi connectivity index (χ0) is 14.9. The molecule has 0 aliphatic rings. The highest BCUT2D eigenvalue weighted by Gasteiger charge is 2.31. The van der Waals surface area contributed by atoms with Crippen LogP contribution < -0.4 is 10.5 Å². The fraction of sp³-hybridized carbons (Fsp3) is 0.0833. The molecule has 3 nitrogen and oxygen atoms in total. The monoisotopic (exact) mass is 290 g/mol. The molecule has 1 aromatic heterocycles. The van der Waals surface area contributed by atoms with Gasteiger partial charge in [-0.05, 0) is 18.2 Å². The Bertz CT molecular complexity index is 642. The van der Waals surface area contributed by atoms with Crippen LogP contribution in [0.1, 0.15) is 5.56 Å². The van der Waals surface area contributed by atoms with Crippen LogP contribution in [0.15, 0.2) is 30.3 Å². The molecular formula is C12H7F5N2O. The van der Waals surface area contributed by atoms with Crippen molar-refractivity contribution in [3.8, 4) is 11.6 Å². The molecule has 2 N–H and O–H groups in total. The summed E-state index contributed by atoms with van der Waals surface area (Å²) in [6.07, 6.45) is -4.64. The molecule has 0 aliphatic carbocycles. The van der Waals surface area contributed by atoms with E-state index in [9.17, 15) is 22.0 Å². The average Bonchev–Trinajstić information content (AvgIpc) is 2.31. The van der Waals surface area contributed by atoms with Crippen LogP contribution >= 0.6 is 0 Å². The first-order valence-electron chi connectivity index (χ1n) is 5.23. The molecule has 0 unspecified atom stereocenters. The van der Waals surface area contributed by atoms with Gasteiger partial charge in [-0.2, -0.15) is 18.2 Å². The summed E-state index contributed by atoms with van der Waals surface area (Å²) in [5, 5.41) is 0. The molecule has 2 aromatic rings. The third kappa shape index (κ3) is 3.14. The first-order valence-corrected chi connectivity index (χ1v) is 5.23. The predicted octanol–water partition coefficient (Wildman–Crippen LogP) is 3.75. The fourth-order valence-electron chi connectivity index (χ4n) is 1.41.